The van der Waals surface area contributed by atoms with Crippen LogP contribution in [-0.4, -0.2) is 18.3 Å². The summed E-state index contributed by atoms with van der Waals surface area (Å²) >= 11 is 0. The smallest absolute Gasteiger partial charge is 0.134 e. The van der Waals surface area contributed by atoms with E-state index in [1.165, 1.54) is 12.4 Å². The molecule has 0 aromatic rings. The highest BCUT2D eigenvalue weighted by molar-refractivity contribution is 6.10. The second kappa shape index (κ2) is 7.49. The molecule has 82 valence electrons. The number of nitrogens with zero attached hydrogens (tertiary/aromatic N) is 2. The van der Waals surface area contributed by atoms with E-state index in [1.54, 1.807) is 26.8 Å². The summed E-state index contributed by atoms with van der Waals surface area (Å²) in [4.78, 5) is 8.81. The van der Waals surface area contributed by atoms with E-state index in [9.17, 15) is 0 Å². The van der Waals surface area contributed by atoms with Gasteiger partial charge in [0.05, 0.1) is 5.71 Å². The molecule has 0 saturated heterocycles. The molecule has 0 rings (SSSR count). The van der Waals surface area contributed by atoms with Gasteiger partial charge in [0.15, 0.2) is 0 Å². The van der Waals surface area contributed by atoms with Gasteiger partial charge in [0.2, 0.25) is 0 Å². The van der Waals surface area contributed by atoms with Crippen molar-refractivity contribution >= 4 is 18.3 Å². The largest absolute Gasteiger partial charge is 0.404 e. The number of hydrogen-bond donors (Lipinski definition) is 2. The van der Waals surface area contributed by atoms with Crippen LogP contribution >= 0.6 is 0 Å². The Morgan fingerprint density at radius 1 is 1.40 bits per heavy atom. The first-order valence-electron chi connectivity index (χ1n) is 4.44. The van der Waals surface area contributed by atoms with E-state index < -0.39 is 0 Å². The molecule has 0 aliphatic heterocycles. The average molecular weight is 208 g/mol. The first-order valence-corrected chi connectivity index (χ1v) is 4.44. The van der Waals surface area contributed by atoms with Gasteiger partial charge in [-0.15, -0.1) is 0 Å². The van der Waals surface area contributed by atoms with Crippen molar-refractivity contribution < 1.29 is 4.84 Å². The van der Waals surface area contributed by atoms with E-state index in [4.69, 9.17) is 16.0 Å². The van der Waals surface area contributed by atoms with Crippen LogP contribution in [0.15, 0.2) is 33.8 Å². The summed E-state index contributed by atoms with van der Waals surface area (Å²) in [5.41, 5.74) is 6.71. The SMILES string of the molecule is C/C=N/O/C(C)=C/C(=N/C=N)C(/C)=C/N. The normalized spacial score (nSPS) is 14.5. The summed E-state index contributed by atoms with van der Waals surface area (Å²) in [6.45, 7) is 5.30. The highest BCUT2D eigenvalue weighted by Crippen LogP contribution is 2.03. The van der Waals surface area contributed by atoms with Crippen LogP contribution in [0.4, 0.5) is 0 Å². The Morgan fingerprint density at radius 3 is 2.53 bits per heavy atom. The van der Waals surface area contributed by atoms with Gasteiger partial charge in [0.1, 0.15) is 12.1 Å². The second-order valence-corrected chi connectivity index (χ2v) is 2.70. The van der Waals surface area contributed by atoms with Crippen molar-refractivity contribution in [2.45, 2.75) is 20.8 Å². The maximum Gasteiger partial charge on any atom is 0.134 e. The zero-order valence-electron chi connectivity index (χ0n) is 9.19. The quantitative estimate of drug-likeness (QED) is 0.312. The fraction of sp³-hybridized carbons (Fsp3) is 0.300. The molecule has 5 heteroatoms. The van der Waals surface area contributed by atoms with Crippen molar-refractivity contribution in [1.82, 2.24) is 0 Å². The van der Waals surface area contributed by atoms with Crippen LogP contribution in [0, 0.1) is 5.41 Å². The molecule has 0 heterocycles. The summed E-state index contributed by atoms with van der Waals surface area (Å²) in [5, 5.41) is 10.5. The van der Waals surface area contributed by atoms with Crippen molar-refractivity contribution in [2.75, 3.05) is 0 Å². The summed E-state index contributed by atoms with van der Waals surface area (Å²) in [6, 6.07) is 0. The molecule has 0 aliphatic carbocycles. The Balaban J connectivity index is 4.82. The van der Waals surface area contributed by atoms with Gasteiger partial charge in [-0.1, -0.05) is 5.16 Å². The van der Waals surface area contributed by atoms with Gasteiger partial charge >= 0.3 is 0 Å². The molecule has 0 bridgehead atoms. The molecule has 0 spiro atoms. The van der Waals surface area contributed by atoms with E-state index in [1.807, 2.05) is 0 Å². The Kier molecular flexibility index (Phi) is 6.54. The van der Waals surface area contributed by atoms with Crippen LogP contribution in [-0.2, 0) is 4.84 Å². The van der Waals surface area contributed by atoms with Gasteiger partial charge in [-0.2, -0.15) is 0 Å². The molecule has 0 fully saturated rings. The Labute approximate surface area is 89.5 Å². The first-order chi connectivity index (χ1) is 7.15. The van der Waals surface area contributed by atoms with Crippen LogP contribution in [0.25, 0.3) is 0 Å². The Bertz CT molecular complexity index is 326. The Morgan fingerprint density at radius 2 is 2.07 bits per heavy atom. The molecule has 5 nitrogen and oxygen atoms in total. The third kappa shape index (κ3) is 5.41. The molecule has 0 atom stereocenters. The van der Waals surface area contributed by atoms with Crippen LogP contribution in [0.3, 0.4) is 0 Å². The van der Waals surface area contributed by atoms with Crippen molar-refractivity contribution in [3.8, 4) is 0 Å². The van der Waals surface area contributed by atoms with Crippen LogP contribution in [0.1, 0.15) is 20.8 Å². The standard InChI is InChI=1S/C10H16N4O/c1-4-14-15-9(3)5-10(13-7-12)8(2)6-11/h4-7,12H,11H2,1-3H3/b8-6+,9-5+,12-7?,13-10-,14-4+. The zero-order chi connectivity index (χ0) is 11.7. The predicted octanol–water partition coefficient (Wildman–Crippen LogP) is 1.82. The molecule has 0 saturated carbocycles. The monoisotopic (exact) mass is 208 g/mol. The Hall–Kier alpha value is -1.91. The van der Waals surface area contributed by atoms with Gasteiger partial charge in [-0.05, 0) is 32.5 Å². The number of nitrogens with two attached hydrogens (primary N) is 1. The molecule has 3 N–H and O–H groups in total. The third-order valence-corrected chi connectivity index (χ3v) is 1.50. The van der Waals surface area contributed by atoms with Crippen molar-refractivity contribution in [2.24, 2.45) is 15.9 Å². The van der Waals surface area contributed by atoms with Crippen LogP contribution in [0.2, 0.25) is 0 Å². The van der Waals surface area contributed by atoms with Gasteiger partial charge in [-0.3, -0.25) is 5.41 Å². The molecule has 0 aromatic carbocycles. The summed E-state index contributed by atoms with van der Waals surface area (Å²) in [7, 11) is 0. The number of rotatable bonds is 5. The number of oxime groups is 1. The maximum atomic E-state index is 6.90. The lowest BCUT2D eigenvalue weighted by atomic mass is 10.2. The average Bonchev–Trinajstić information content (AvgIpc) is 2.24. The van der Waals surface area contributed by atoms with Gasteiger partial charge in [0.25, 0.3) is 0 Å². The molecule has 0 radical (unpaired) electrons. The number of allylic oxidation sites excluding steroid dienone is 3. The van der Waals surface area contributed by atoms with E-state index in [0.29, 0.717) is 11.5 Å². The number of aliphatic imine (C=N–C) groups is 1. The summed E-state index contributed by atoms with van der Waals surface area (Å²) in [5.74, 6) is 0.579. The third-order valence-electron chi connectivity index (χ3n) is 1.50. The highest BCUT2D eigenvalue weighted by atomic mass is 16.6. The fourth-order valence-electron chi connectivity index (χ4n) is 0.763. The summed E-state index contributed by atoms with van der Waals surface area (Å²) in [6.07, 6.45) is 5.58. The molecule has 0 aromatic heterocycles. The number of hydrogen-bond acceptors (Lipinski definition) is 4. The molecule has 0 aliphatic rings. The minimum atomic E-state index is 0.579. The second-order valence-electron chi connectivity index (χ2n) is 2.70. The fourth-order valence-corrected chi connectivity index (χ4v) is 0.763. The molecular weight excluding hydrogens is 192 g/mol. The van der Waals surface area contributed by atoms with Gasteiger partial charge in [-0.25, -0.2) is 4.99 Å². The highest BCUT2D eigenvalue weighted by Gasteiger charge is 1.99. The lowest BCUT2D eigenvalue weighted by Gasteiger charge is -2.01. The van der Waals surface area contributed by atoms with E-state index in [2.05, 4.69) is 10.1 Å². The maximum absolute atomic E-state index is 6.90. The van der Waals surface area contributed by atoms with E-state index in [-0.39, 0.29) is 0 Å². The van der Waals surface area contributed by atoms with Crippen molar-refractivity contribution in [1.29, 1.82) is 5.41 Å². The van der Waals surface area contributed by atoms with Crippen LogP contribution < -0.4 is 5.73 Å². The molecule has 15 heavy (non-hydrogen) atoms. The number of nitrogens with one attached hydrogen (secondary N) is 1. The molecular formula is C10H16N4O. The summed E-state index contributed by atoms with van der Waals surface area (Å²) < 4.78 is 0. The van der Waals surface area contributed by atoms with Crippen LogP contribution in [0.5, 0.6) is 0 Å². The zero-order valence-corrected chi connectivity index (χ0v) is 9.19. The topological polar surface area (TPSA) is 83.8 Å². The lowest BCUT2D eigenvalue weighted by Crippen LogP contribution is -2.01. The van der Waals surface area contributed by atoms with Gasteiger partial charge < -0.3 is 10.6 Å². The first kappa shape index (κ1) is 13.1. The van der Waals surface area contributed by atoms with Crippen molar-refractivity contribution in [3.05, 3.63) is 23.6 Å². The minimum Gasteiger partial charge on any atom is -0.404 e. The van der Waals surface area contributed by atoms with Crippen molar-refractivity contribution in [3.63, 3.8) is 0 Å². The van der Waals surface area contributed by atoms with E-state index in [0.717, 1.165) is 11.9 Å². The molecule has 0 unspecified atom stereocenters. The van der Waals surface area contributed by atoms with Gasteiger partial charge in [0, 0.05) is 12.3 Å². The minimum absolute atomic E-state index is 0.579. The lowest BCUT2D eigenvalue weighted by molar-refractivity contribution is 0.232. The molecule has 0 amide bonds. The predicted molar refractivity (Wildman–Crippen MR) is 63.2 cm³/mol. The van der Waals surface area contributed by atoms with E-state index >= 15 is 0 Å².